The molecule has 0 unspecified atom stereocenters. The highest BCUT2D eigenvalue weighted by Gasteiger charge is 2.17. The van der Waals surface area contributed by atoms with E-state index >= 15 is 0 Å². The Balaban J connectivity index is 0.741. The summed E-state index contributed by atoms with van der Waals surface area (Å²) < 4.78 is 2.40. The largest absolute Gasteiger partial charge is 0.311 e. The van der Waals surface area contributed by atoms with Crippen molar-refractivity contribution in [2.45, 2.75) is 0 Å². The van der Waals surface area contributed by atoms with Gasteiger partial charge >= 0.3 is 0 Å². The van der Waals surface area contributed by atoms with Crippen LogP contribution in [0.5, 0.6) is 0 Å². The molecule has 79 heavy (non-hydrogen) atoms. The van der Waals surface area contributed by atoms with E-state index in [-0.39, 0.29) is 0 Å². The van der Waals surface area contributed by atoms with Gasteiger partial charge in [0.2, 0.25) is 0 Å². The first-order valence-electron chi connectivity index (χ1n) is 27.0. The molecule has 0 bridgehead atoms. The standard InChI is InChI=1S/C76H52N2S/c1-4-12-53(13-5-1)55-20-24-57(25-21-55)59-32-41-67(42-33-59)77(68-43-34-60(35-44-68)58-26-22-56(23-27-58)54-14-6-2-7-15-54)69-45-36-61(37-46-69)62-38-47-70(48-39-62)78-73-19-11-10-18-71(73)72-52-66(40-49-74(72)78)63-28-30-65(31-29-63)76-51-50-75(79-76)64-16-8-3-9-17-64/h1-52H. The summed E-state index contributed by atoms with van der Waals surface area (Å²) >= 11 is 1.84. The maximum Gasteiger partial charge on any atom is 0.0541 e. The van der Waals surface area contributed by atoms with Crippen LogP contribution in [0.15, 0.2) is 315 Å². The van der Waals surface area contributed by atoms with E-state index in [2.05, 4.69) is 325 Å². The minimum atomic E-state index is 1.08. The van der Waals surface area contributed by atoms with Crippen LogP contribution in [0.25, 0.3) is 115 Å². The molecular weight excluding hydrogens is 973 g/mol. The normalized spacial score (nSPS) is 11.3. The van der Waals surface area contributed by atoms with E-state index in [1.807, 2.05) is 11.3 Å². The van der Waals surface area contributed by atoms with Crippen LogP contribution in [0.2, 0.25) is 0 Å². The van der Waals surface area contributed by atoms with Gasteiger partial charge in [0.1, 0.15) is 0 Å². The summed E-state index contributed by atoms with van der Waals surface area (Å²) in [6, 6.07) is 115. The van der Waals surface area contributed by atoms with Gasteiger partial charge in [-0.05, 0) is 157 Å². The molecule has 2 aromatic heterocycles. The van der Waals surface area contributed by atoms with Crippen LogP contribution in [0, 0.1) is 0 Å². The Labute approximate surface area is 465 Å². The van der Waals surface area contributed by atoms with Gasteiger partial charge in [-0.25, -0.2) is 0 Å². The first kappa shape index (κ1) is 47.4. The summed E-state index contributed by atoms with van der Waals surface area (Å²) in [5, 5.41) is 2.48. The molecule has 14 aromatic rings. The number of hydrogen-bond acceptors (Lipinski definition) is 2. The van der Waals surface area contributed by atoms with Crippen molar-refractivity contribution in [2.24, 2.45) is 0 Å². The Morgan fingerprint density at radius 1 is 0.215 bits per heavy atom. The molecule has 0 amide bonds. The molecule has 0 aliphatic rings. The highest BCUT2D eigenvalue weighted by molar-refractivity contribution is 7.18. The number of nitrogens with zero attached hydrogens (tertiary/aromatic N) is 2. The molecular formula is C76H52N2S. The molecule has 0 saturated carbocycles. The molecule has 0 saturated heterocycles. The molecule has 0 aliphatic carbocycles. The van der Waals surface area contributed by atoms with Crippen molar-refractivity contribution in [3.63, 3.8) is 0 Å². The molecule has 0 N–H and O–H groups in total. The number of hydrogen-bond donors (Lipinski definition) is 0. The molecule has 372 valence electrons. The molecule has 2 nitrogen and oxygen atoms in total. The summed E-state index contributed by atoms with van der Waals surface area (Å²) in [6.07, 6.45) is 0. The monoisotopic (exact) mass is 1020 g/mol. The van der Waals surface area contributed by atoms with E-state index in [1.54, 1.807) is 0 Å². The fourth-order valence-corrected chi connectivity index (χ4v) is 12.2. The van der Waals surface area contributed by atoms with Crippen LogP contribution in [0.1, 0.15) is 0 Å². The number of thiophene rings is 1. The van der Waals surface area contributed by atoms with Gasteiger partial charge in [-0.3, -0.25) is 0 Å². The highest BCUT2D eigenvalue weighted by Crippen LogP contribution is 2.41. The van der Waals surface area contributed by atoms with Crippen molar-refractivity contribution in [2.75, 3.05) is 4.90 Å². The van der Waals surface area contributed by atoms with Gasteiger partial charge in [0.25, 0.3) is 0 Å². The number of rotatable bonds is 12. The summed E-state index contributed by atoms with van der Waals surface area (Å²) in [7, 11) is 0. The second-order valence-electron chi connectivity index (χ2n) is 20.1. The van der Waals surface area contributed by atoms with Gasteiger partial charge in [0.15, 0.2) is 0 Å². The zero-order valence-corrected chi connectivity index (χ0v) is 44.1. The lowest BCUT2D eigenvalue weighted by Crippen LogP contribution is -2.09. The second-order valence-corrected chi connectivity index (χ2v) is 21.2. The first-order valence-corrected chi connectivity index (χ1v) is 27.8. The molecule has 2 heterocycles. The van der Waals surface area contributed by atoms with Crippen LogP contribution in [0.4, 0.5) is 17.1 Å². The smallest absolute Gasteiger partial charge is 0.0541 e. The lowest BCUT2D eigenvalue weighted by atomic mass is 9.99. The summed E-state index contributed by atoms with van der Waals surface area (Å²) in [5.74, 6) is 0. The molecule has 0 radical (unpaired) electrons. The Morgan fingerprint density at radius 3 is 0.937 bits per heavy atom. The van der Waals surface area contributed by atoms with Crippen LogP contribution < -0.4 is 4.90 Å². The Hall–Kier alpha value is -10.1. The average Bonchev–Trinajstić information content (AvgIpc) is 4.36. The van der Waals surface area contributed by atoms with Gasteiger partial charge in [-0.2, -0.15) is 0 Å². The maximum absolute atomic E-state index is 2.40. The fourth-order valence-electron chi connectivity index (χ4n) is 11.1. The zero-order valence-electron chi connectivity index (χ0n) is 43.3. The zero-order chi connectivity index (χ0) is 52.5. The van der Waals surface area contributed by atoms with E-state index in [9.17, 15) is 0 Å². The second kappa shape index (κ2) is 20.8. The lowest BCUT2D eigenvalue weighted by Gasteiger charge is -2.26. The summed E-state index contributed by atoms with van der Waals surface area (Å²) in [4.78, 5) is 4.92. The lowest BCUT2D eigenvalue weighted by molar-refractivity contribution is 1.18. The average molecular weight is 1030 g/mol. The van der Waals surface area contributed by atoms with Gasteiger partial charge in [0, 0.05) is 43.3 Å². The van der Waals surface area contributed by atoms with E-state index in [0.717, 1.165) is 33.9 Å². The van der Waals surface area contributed by atoms with Gasteiger partial charge < -0.3 is 9.47 Å². The number of aromatic nitrogens is 1. The number of benzene rings is 12. The van der Waals surface area contributed by atoms with Crippen molar-refractivity contribution in [1.82, 2.24) is 4.57 Å². The van der Waals surface area contributed by atoms with Gasteiger partial charge in [-0.1, -0.05) is 237 Å². The van der Waals surface area contributed by atoms with Crippen molar-refractivity contribution in [1.29, 1.82) is 0 Å². The molecule has 0 atom stereocenters. The molecule has 0 spiro atoms. The maximum atomic E-state index is 2.40. The van der Waals surface area contributed by atoms with Crippen LogP contribution >= 0.6 is 11.3 Å². The Morgan fingerprint density at radius 2 is 0.506 bits per heavy atom. The topological polar surface area (TPSA) is 8.17 Å². The predicted molar refractivity (Wildman–Crippen MR) is 337 cm³/mol. The van der Waals surface area contributed by atoms with Crippen LogP contribution in [-0.4, -0.2) is 4.57 Å². The van der Waals surface area contributed by atoms with E-state index < -0.39 is 0 Å². The molecule has 12 aromatic carbocycles. The van der Waals surface area contributed by atoms with E-state index in [4.69, 9.17) is 0 Å². The molecule has 0 aliphatic heterocycles. The predicted octanol–water partition coefficient (Wildman–Crippen LogP) is 21.7. The number of fused-ring (bicyclic) bond motifs is 3. The number of para-hydroxylation sites is 1. The minimum absolute atomic E-state index is 1.08. The SMILES string of the molecule is c1ccc(-c2ccc(-c3ccc(N(c4ccc(-c5ccc(-c6ccccc6)cc5)cc4)c4ccc(-c5ccc(-n6c7ccccc7c7cc(-c8ccc(-c9ccc(-c%10ccccc%10)s9)cc8)ccc76)cc5)cc4)cc3)cc2)cc1. The molecule has 0 fully saturated rings. The fraction of sp³-hybridized carbons (Fsp3) is 0. The van der Waals surface area contributed by atoms with E-state index in [1.165, 1.54) is 98.3 Å². The van der Waals surface area contributed by atoms with Crippen molar-refractivity contribution < 1.29 is 0 Å². The first-order chi connectivity index (χ1) is 39.1. The van der Waals surface area contributed by atoms with E-state index in [0.29, 0.717) is 0 Å². The summed E-state index contributed by atoms with van der Waals surface area (Å²) in [5.41, 5.74) is 23.6. The van der Waals surface area contributed by atoms with Crippen LogP contribution in [0.3, 0.4) is 0 Å². The van der Waals surface area contributed by atoms with Crippen molar-refractivity contribution in [3.8, 4) is 93.3 Å². The summed E-state index contributed by atoms with van der Waals surface area (Å²) in [6.45, 7) is 0. The highest BCUT2D eigenvalue weighted by atomic mass is 32.1. The number of anilines is 3. The Kier molecular flexibility index (Phi) is 12.5. The molecule has 14 rings (SSSR count). The van der Waals surface area contributed by atoms with Gasteiger partial charge in [-0.15, -0.1) is 11.3 Å². The quantitative estimate of drug-likeness (QED) is 0.118. The minimum Gasteiger partial charge on any atom is -0.311 e. The third kappa shape index (κ3) is 9.44. The Bertz CT molecular complexity index is 4250. The third-order valence-corrected chi connectivity index (χ3v) is 16.5. The third-order valence-electron chi connectivity index (χ3n) is 15.3. The van der Waals surface area contributed by atoms with Gasteiger partial charge in [0.05, 0.1) is 11.0 Å². The van der Waals surface area contributed by atoms with Crippen molar-refractivity contribution >= 4 is 50.2 Å². The molecule has 3 heteroatoms. The van der Waals surface area contributed by atoms with Crippen LogP contribution in [-0.2, 0) is 0 Å². The van der Waals surface area contributed by atoms with Crippen molar-refractivity contribution in [3.05, 3.63) is 315 Å².